The summed E-state index contributed by atoms with van der Waals surface area (Å²) < 4.78 is 42.2. The SMILES string of the molecule is O=C1Cc2cc(CNC(=O)c3nc(-c4ccccc4C(F)(F)F)c4ccccn34)ccc2N1. The van der Waals surface area contributed by atoms with E-state index >= 15 is 0 Å². The van der Waals surface area contributed by atoms with Crippen LogP contribution in [0.4, 0.5) is 18.9 Å². The molecule has 0 fully saturated rings. The largest absolute Gasteiger partial charge is 0.417 e. The Hall–Kier alpha value is -4.14. The lowest BCUT2D eigenvalue weighted by atomic mass is 10.0. The van der Waals surface area contributed by atoms with Crippen molar-refractivity contribution in [3.8, 4) is 11.3 Å². The fraction of sp³-hybridized carbons (Fsp3) is 0.125. The molecule has 2 aromatic heterocycles. The van der Waals surface area contributed by atoms with Crippen LogP contribution in [-0.4, -0.2) is 21.2 Å². The summed E-state index contributed by atoms with van der Waals surface area (Å²) in [5, 5.41) is 5.52. The molecule has 33 heavy (non-hydrogen) atoms. The van der Waals surface area contributed by atoms with E-state index < -0.39 is 17.6 Å². The third-order valence-electron chi connectivity index (χ3n) is 5.49. The topological polar surface area (TPSA) is 75.5 Å². The number of alkyl halides is 3. The second-order valence-corrected chi connectivity index (χ2v) is 7.68. The van der Waals surface area contributed by atoms with Gasteiger partial charge in [-0.1, -0.05) is 36.4 Å². The van der Waals surface area contributed by atoms with Crippen LogP contribution in [0.1, 0.15) is 27.3 Å². The highest BCUT2D eigenvalue weighted by molar-refractivity contribution is 5.99. The van der Waals surface area contributed by atoms with Gasteiger partial charge in [0.1, 0.15) is 0 Å². The molecule has 0 saturated heterocycles. The summed E-state index contributed by atoms with van der Waals surface area (Å²) in [6, 6.07) is 15.5. The second-order valence-electron chi connectivity index (χ2n) is 7.68. The van der Waals surface area contributed by atoms with Gasteiger partial charge in [-0.15, -0.1) is 0 Å². The molecule has 1 aliphatic heterocycles. The van der Waals surface area contributed by atoms with Gasteiger partial charge in [0, 0.05) is 24.0 Å². The lowest BCUT2D eigenvalue weighted by molar-refractivity contribution is -0.137. The molecule has 0 unspecified atom stereocenters. The summed E-state index contributed by atoms with van der Waals surface area (Å²) in [4.78, 5) is 28.8. The number of carbonyl (C=O) groups excluding carboxylic acids is 2. The van der Waals surface area contributed by atoms with E-state index in [0.29, 0.717) is 5.52 Å². The van der Waals surface area contributed by atoms with Gasteiger partial charge in [-0.05, 0) is 35.4 Å². The van der Waals surface area contributed by atoms with Crippen LogP contribution in [0.3, 0.4) is 0 Å². The average Bonchev–Trinajstić information content (AvgIpc) is 3.36. The number of nitrogens with one attached hydrogen (secondary N) is 2. The van der Waals surface area contributed by atoms with E-state index in [1.54, 1.807) is 36.5 Å². The number of hydrogen-bond acceptors (Lipinski definition) is 3. The second kappa shape index (κ2) is 7.77. The minimum atomic E-state index is -4.56. The molecule has 0 aliphatic carbocycles. The van der Waals surface area contributed by atoms with Crippen molar-refractivity contribution in [2.45, 2.75) is 19.1 Å². The summed E-state index contributed by atoms with van der Waals surface area (Å²) in [7, 11) is 0. The van der Waals surface area contributed by atoms with Crippen molar-refractivity contribution in [1.29, 1.82) is 0 Å². The van der Waals surface area contributed by atoms with E-state index in [2.05, 4.69) is 15.6 Å². The zero-order chi connectivity index (χ0) is 23.2. The van der Waals surface area contributed by atoms with Crippen LogP contribution in [0.2, 0.25) is 0 Å². The fourth-order valence-electron chi connectivity index (χ4n) is 3.99. The van der Waals surface area contributed by atoms with Crippen molar-refractivity contribution in [3.05, 3.63) is 89.4 Å². The first kappa shape index (κ1) is 20.7. The van der Waals surface area contributed by atoms with E-state index in [9.17, 15) is 22.8 Å². The van der Waals surface area contributed by atoms with E-state index in [1.165, 1.54) is 22.6 Å². The lowest BCUT2D eigenvalue weighted by Gasteiger charge is -2.11. The zero-order valence-electron chi connectivity index (χ0n) is 17.1. The predicted molar refractivity (Wildman–Crippen MR) is 116 cm³/mol. The molecule has 0 bridgehead atoms. The van der Waals surface area contributed by atoms with Crippen LogP contribution in [0.5, 0.6) is 0 Å². The first-order chi connectivity index (χ1) is 15.8. The molecule has 2 N–H and O–H groups in total. The van der Waals surface area contributed by atoms with Crippen molar-refractivity contribution < 1.29 is 22.8 Å². The zero-order valence-corrected chi connectivity index (χ0v) is 17.1. The van der Waals surface area contributed by atoms with Crippen molar-refractivity contribution in [2.75, 3.05) is 5.32 Å². The van der Waals surface area contributed by atoms with Gasteiger partial charge in [-0.3, -0.25) is 14.0 Å². The summed E-state index contributed by atoms with van der Waals surface area (Å²) in [5.74, 6) is -0.626. The first-order valence-corrected chi connectivity index (χ1v) is 10.1. The molecule has 0 spiro atoms. The Balaban J connectivity index is 1.47. The molecular formula is C24H17F3N4O2. The number of nitrogens with zero attached hydrogens (tertiary/aromatic N) is 2. The maximum atomic E-state index is 13.6. The molecule has 0 atom stereocenters. The third-order valence-corrected chi connectivity index (χ3v) is 5.49. The van der Waals surface area contributed by atoms with Gasteiger partial charge in [-0.2, -0.15) is 13.2 Å². The number of pyridine rings is 1. The van der Waals surface area contributed by atoms with E-state index in [4.69, 9.17) is 0 Å². The summed E-state index contributed by atoms with van der Waals surface area (Å²) >= 11 is 0. The predicted octanol–water partition coefficient (Wildman–Crippen LogP) is 4.44. The fourth-order valence-corrected chi connectivity index (χ4v) is 3.99. The quantitative estimate of drug-likeness (QED) is 0.483. The van der Waals surface area contributed by atoms with Gasteiger partial charge in [-0.25, -0.2) is 4.98 Å². The number of benzene rings is 2. The van der Waals surface area contributed by atoms with E-state index in [1.807, 2.05) is 6.07 Å². The van der Waals surface area contributed by atoms with Crippen molar-refractivity contribution in [1.82, 2.24) is 14.7 Å². The molecule has 9 heteroatoms. The Morgan fingerprint density at radius 3 is 2.70 bits per heavy atom. The number of halogens is 3. The molecule has 2 amide bonds. The number of hydrogen-bond donors (Lipinski definition) is 2. The maximum Gasteiger partial charge on any atom is 0.417 e. The van der Waals surface area contributed by atoms with Crippen LogP contribution in [-0.2, 0) is 23.9 Å². The van der Waals surface area contributed by atoms with Crippen LogP contribution in [0.25, 0.3) is 16.8 Å². The first-order valence-electron chi connectivity index (χ1n) is 10.1. The smallest absolute Gasteiger partial charge is 0.345 e. The molecule has 3 heterocycles. The third kappa shape index (κ3) is 3.82. The highest BCUT2D eigenvalue weighted by Gasteiger charge is 2.34. The Morgan fingerprint density at radius 1 is 1.09 bits per heavy atom. The Kier molecular flexibility index (Phi) is 4.88. The molecule has 0 radical (unpaired) electrons. The van der Waals surface area contributed by atoms with Gasteiger partial charge in [0.05, 0.1) is 23.2 Å². The van der Waals surface area contributed by atoms with E-state index in [-0.39, 0.29) is 36.0 Å². The molecule has 1 aliphatic rings. The summed E-state index contributed by atoms with van der Waals surface area (Å²) in [6.07, 6.45) is -2.69. The number of rotatable bonds is 4. The number of aromatic nitrogens is 2. The Labute approximate surface area is 186 Å². The molecule has 0 saturated carbocycles. The lowest BCUT2D eigenvalue weighted by Crippen LogP contribution is -2.25. The molecular weight excluding hydrogens is 433 g/mol. The number of imidazole rings is 1. The van der Waals surface area contributed by atoms with E-state index in [0.717, 1.165) is 22.9 Å². The number of fused-ring (bicyclic) bond motifs is 2. The van der Waals surface area contributed by atoms with Crippen molar-refractivity contribution in [2.24, 2.45) is 0 Å². The van der Waals surface area contributed by atoms with Gasteiger partial charge in [0.2, 0.25) is 11.7 Å². The van der Waals surface area contributed by atoms with Gasteiger partial charge in [0.25, 0.3) is 5.91 Å². The Morgan fingerprint density at radius 2 is 1.88 bits per heavy atom. The number of carbonyl (C=O) groups is 2. The molecule has 2 aromatic carbocycles. The van der Waals surface area contributed by atoms with Crippen LogP contribution in [0, 0.1) is 0 Å². The summed E-state index contributed by atoms with van der Waals surface area (Å²) in [5.41, 5.74) is 1.95. The Bertz CT molecular complexity index is 1410. The maximum absolute atomic E-state index is 13.6. The normalized spacial score (nSPS) is 13.1. The van der Waals surface area contributed by atoms with Crippen molar-refractivity contribution in [3.63, 3.8) is 0 Å². The molecule has 5 rings (SSSR count). The van der Waals surface area contributed by atoms with Crippen LogP contribution < -0.4 is 10.6 Å². The number of anilines is 1. The molecule has 4 aromatic rings. The highest BCUT2D eigenvalue weighted by atomic mass is 19.4. The highest BCUT2D eigenvalue weighted by Crippen LogP contribution is 2.38. The standard InChI is InChI=1S/C24H17F3N4O2/c25-24(26,27)17-6-2-1-5-16(17)21-19-7-3-4-10-31(19)22(30-21)23(33)28-13-14-8-9-18-15(11-14)12-20(32)29-18/h1-11H,12-13H2,(H,28,33)(H,29,32). The average molecular weight is 450 g/mol. The van der Waals surface area contributed by atoms with Crippen LogP contribution in [0.15, 0.2) is 66.9 Å². The van der Waals surface area contributed by atoms with Crippen LogP contribution >= 0.6 is 0 Å². The molecule has 6 nitrogen and oxygen atoms in total. The van der Waals surface area contributed by atoms with Gasteiger partial charge < -0.3 is 10.6 Å². The number of amides is 2. The minimum absolute atomic E-state index is 0.0180. The van der Waals surface area contributed by atoms with Gasteiger partial charge in [0.15, 0.2) is 0 Å². The van der Waals surface area contributed by atoms with Crippen molar-refractivity contribution >= 4 is 23.0 Å². The minimum Gasteiger partial charge on any atom is -0.345 e. The molecule has 166 valence electrons. The van der Waals surface area contributed by atoms with Gasteiger partial charge >= 0.3 is 6.18 Å². The summed E-state index contributed by atoms with van der Waals surface area (Å²) in [6.45, 7) is 0.177. The monoisotopic (exact) mass is 450 g/mol.